The first-order chi connectivity index (χ1) is 10.4. The first-order valence-corrected chi connectivity index (χ1v) is 9.43. The number of nitrogens with zero attached hydrogens (tertiary/aromatic N) is 1. The zero-order valence-corrected chi connectivity index (χ0v) is 13.7. The van der Waals surface area contributed by atoms with Crippen LogP contribution in [-0.4, -0.2) is 49.8 Å². The van der Waals surface area contributed by atoms with Gasteiger partial charge in [-0.25, -0.2) is 0 Å². The van der Waals surface area contributed by atoms with E-state index in [1.54, 1.807) is 0 Å². The molecule has 0 amide bonds. The summed E-state index contributed by atoms with van der Waals surface area (Å²) in [6.45, 7) is 7.08. The molecule has 2 heterocycles. The highest BCUT2D eigenvalue weighted by atomic mass is 16.5. The third kappa shape index (κ3) is 4.20. The summed E-state index contributed by atoms with van der Waals surface area (Å²) in [5.74, 6) is 0.848. The van der Waals surface area contributed by atoms with Crippen LogP contribution < -0.4 is 5.32 Å². The van der Waals surface area contributed by atoms with Gasteiger partial charge in [0.2, 0.25) is 0 Å². The van der Waals surface area contributed by atoms with Gasteiger partial charge < -0.3 is 10.1 Å². The lowest BCUT2D eigenvalue weighted by Crippen LogP contribution is -2.57. The Bertz CT molecular complexity index is 290. The van der Waals surface area contributed by atoms with Gasteiger partial charge in [0.15, 0.2) is 0 Å². The fourth-order valence-electron chi connectivity index (χ4n) is 4.64. The van der Waals surface area contributed by atoms with Crippen molar-refractivity contribution < 1.29 is 4.74 Å². The number of likely N-dealkylation sites (tertiary alicyclic amines) is 1. The summed E-state index contributed by atoms with van der Waals surface area (Å²) in [5, 5.41) is 3.87. The van der Waals surface area contributed by atoms with Crippen LogP contribution in [0.5, 0.6) is 0 Å². The van der Waals surface area contributed by atoms with Gasteiger partial charge in [0, 0.05) is 25.3 Å². The van der Waals surface area contributed by atoms with Gasteiger partial charge in [-0.1, -0.05) is 25.7 Å². The summed E-state index contributed by atoms with van der Waals surface area (Å²) in [6.07, 6.45) is 14.0. The summed E-state index contributed by atoms with van der Waals surface area (Å²) >= 11 is 0. The van der Waals surface area contributed by atoms with Gasteiger partial charge in [0.05, 0.1) is 0 Å². The Kier molecular flexibility index (Phi) is 5.96. The zero-order chi connectivity index (χ0) is 14.4. The van der Waals surface area contributed by atoms with Gasteiger partial charge in [0.1, 0.15) is 0 Å². The fraction of sp³-hybridized carbons (Fsp3) is 1.00. The van der Waals surface area contributed by atoms with Crippen LogP contribution in [0.25, 0.3) is 0 Å². The van der Waals surface area contributed by atoms with E-state index in [0.29, 0.717) is 5.54 Å². The van der Waals surface area contributed by atoms with Gasteiger partial charge in [-0.2, -0.15) is 0 Å². The Morgan fingerprint density at radius 2 is 1.57 bits per heavy atom. The van der Waals surface area contributed by atoms with Crippen LogP contribution in [0, 0.1) is 5.92 Å². The van der Waals surface area contributed by atoms with Gasteiger partial charge >= 0.3 is 0 Å². The van der Waals surface area contributed by atoms with Crippen molar-refractivity contribution in [2.75, 3.05) is 39.4 Å². The SMILES string of the molecule is C1CCN(C2(CNCC3CCOCC3)CCCCC2)CC1. The van der Waals surface area contributed by atoms with E-state index in [1.165, 1.54) is 90.4 Å². The molecule has 0 bridgehead atoms. The number of rotatable bonds is 5. The predicted molar refractivity (Wildman–Crippen MR) is 87.7 cm³/mol. The van der Waals surface area contributed by atoms with E-state index < -0.39 is 0 Å². The Balaban J connectivity index is 1.51. The molecule has 1 aliphatic carbocycles. The summed E-state index contributed by atoms with van der Waals surface area (Å²) in [7, 11) is 0. The van der Waals surface area contributed by atoms with Crippen molar-refractivity contribution in [3.63, 3.8) is 0 Å². The van der Waals surface area contributed by atoms with E-state index >= 15 is 0 Å². The molecule has 0 atom stereocenters. The minimum absolute atomic E-state index is 0.490. The lowest BCUT2D eigenvalue weighted by atomic mass is 9.79. The highest BCUT2D eigenvalue weighted by Gasteiger charge is 2.38. The molecule has 3 nitrogen and oxygen atoms in total. The first-order valence-electron chi connectivity index (χ1n) is 9.43. The van der Waals surface area contributed by atoms with Crippen molar-refractivity contribution in [1.29, 1.82) is 0 Å². The van der Waals surface area contributed by atoms with E-state index in [2.05, 4.69) is 10.2 Å². The van der Waals surface area contributed by atoms with E-state index in [1.807, 2.05) is 0 Å². The molecule has 122 valence electrons. The summed E-state index contributed by atoms with van der Waals surface area (Å²) in [5.41, 5.74) is 0.490. The molecule has 3 fully saturated rings. The molecule has 0 aromatic heterocycles. The molecule has 0 unspecified atom stereocenters. The van der Waals surface area contributed by atoms with E-state index in [0.717, 1.165) is 19.1 Å². The third-order valence-electron chi connectivity index (χ3n) is 6.04. The van der Waals surface area contributed by atoms with Crippen LogP contribution in [0.1, 0.15) is 64.2 Å². The Morgan fingerprint density at radius 1 is 0.905 bits per heavy atom. The largest absolute Gasteiger partial charge is 0.381 e. The Labute approximate surface area is 130 Å². The molecule has 0 aromatic rings. The molecule has 0 spiro atoms. The Hall–Kier alpha value is -0.120. The third-order valence-corrected chi connectivity index (χ3v) is 6.04. The van der Waals surface area contributed by atoms with Crippen LogP contribution in [0.15, 0.2) is 0 Å². The predicted octanol–water partition coefficient (Wildman–Crippen LogP) is 3.19. The summed E-state index contributed by atoms with van der Waals surface area (Å²) in [4.78, 5) is 2.85. The lowest BCUT2D eigenvalue weighted by molar-refractivity contribution is 0.0294. The van der Waals surface area contributed by atoms with E-state index in [4.69, 9.17) is 4.74 Å². The van der Waals surface area contributed by atoms with Gasteiger partial charge in [-0.3, -0.25) is 4.90 Å². The van der Waals surface area contributed by atoms with Gasteiger partial charge in [0.25, 0.3) is 0 Å². The van der Waals surface area contributed by atoms with Crippen LogP contribution in [0.3, 0.4) is 0 Å². The fourth-order valence-corrected chi connectivity index (χ4v) is 4.64. The second-order valence-corrected chi connectivity index (χ2v) is 7.52. The van der Waals surface area contributed by atoms with Crippen LogP contribution in [0.2, 0.25) is 0 Å². The Morgan fingerprint density at radius 3 is 2.29 bits per heavy atom. The second kappa shape index (κ2) is 7.94. The number of ether oxygens (including phenoxy) is 1. The van der Waals surface area contributed by atoms with Crippen LogP contribution in [-0.2, 0) is 4.74 Å². The molecule has 1 N–H and O–H groups in total. The van der Waals surface area contributed by atoms with Crippen molar-refractivity contribution in [2.45, 2.75) is 69.7 Å². The first kappa shape index (κ1) is 15.8. The molecule has 0 aromatic carbocycles. The maximum atomic E-state index is 5.47. The second-order valence-electron chi connectivity index (χ2n) is 7.52. The molecule has 3 heteroatoms. The van der Waals surface area contributed by atoms with Crippen LogP contribution >= 0.6 is 0 Å². The molecule has 2 saturated heterocycles. The van der Waals surface area contributed by atoms with Gasteiger partial charge in [-0.05, 0) is 64.1 Å². The number of hydrogen-bond donors (Lipinski definition) is 1. The molecular weight excluding hydrogens is 260 g/mol. The molecule has 21 heavy (non-hydrogen) atoms. The number of piperidine rings is 1. The highest BCUT2D eigenvalue weighted by Crippen LogP contribution is 2.35. The normalized spacial score (nSPS) is 28.6. The van der Waals surface area contributed by atoms with E-state index in [-0.39, 0.29) is 0 Å². The highest BCUT2D eigenvalue weighted by molar-refractivity contribution is 4.96. The lowest BCUT2D eigenvalue weighted by Gasteiger charge is -2.48. The standard InChI is InChI=1S/C18H34N2O/c1-3-9-18(10-4-1,20-11-5-2-6-12-20)16-19-15-17-7-13-21-14-8-17/h17,19H,1-16H2. The average molecular weight is 294 g/mol. The van der Waals surface area contributed by atoms with Crippen molar-refractivity contribution in [2.24, 2.45) is 5.92 Å². The zero-order valence-electron chi connectivity index (χ0n) is 13.7. The summed E-state index contributed by atoms with van der Waals surface area (Å²) < 4.78 is 5.47. The molecule has 1 saturated carbocycles. The molecule has 0 radical (unpaired) electrons. The van der Waals surface area contributed by atoms with Crippen molar-refractivity contribution in [3.05, 3.63) is 0 Å². The molecule has 2 aliphatic heterocycles. The number of nitrogens with one attached hydrogen (secondary N) is 1. The maximum absolute atomic E-state index is 5.47. The number of hydrogen-bond acceptors (Lipinski definition) is 3. The van der Waals surface area contributed by atoms with Crippen LogP contribution in [0.4, 0.5) is 0 Å². The topological polar surface area (TPSA) is 24.5 Å². The minimum Gasteiger partial charge on any atom is -0.381 e. The maximum Gasteiger partial charge on any atom is 0.0469 e. The smallest absolute Gasteiger partial charge is 0.0469 e. The van der Waals surface area contributed by atoms with E-state index in [9.17, 15) is 0 Å². The quantitative estimate of drug-likeness (QED) is 0.843. The monoisotopic (exact) mass is 294 g/mol. The average Bonchev–Trinajstić information content (AvgIpc) is 2.58. The summed E-state index contributed by atoms with van der Waals surface area (Å²) in [6, 6.07) is 0. The van der Waals surface area contributed by atoms with Crippen molar-refractivity contribution >= 4 is 0 Å². The van der Waals surface area contributed by atoms with Gasteiger partial charge in [-0.15, -0.1) is 0 Å². The van der Waals surface area contributed by atoms with Crippen molar-refractivity contribution in [3.8, 4) is 0 Å². The molecule has 3 rings (SSSR count). The molecule has 3 aliphatic rings. The minimum atomic E-state index is 0.490. The van der Waals surface area contributed by atoms with Crippen molar-refractivity contribution in [1.82, 2.24) is 10.2 Å². The molecular formula is C18H34N2O.